The Balaban J connectivity index is 2.06. The first-order valence-corrected chi connectivity index (χ1v) is 12.9. The molecular formula is C26H38O3Si. The number of unbranched alkanes of at least 4 members (excludes halogenated alkanes) is 2. The average molecular weight is 427 g/mol. The molecule has 0 fully saturated rings. The Morgan fingerprint density at radius 1 is 0.733 bits per heavy atom. The molecular weight excluding hydrogens is 388 g/mol. The van der Waals surface area contributed by atoms with Gasteiger partial charge >= 0.3 is 5.97 Å². The molecule has 0 heterocycles. The Hall–Kier alpha value is -1.91. The van der Waals surface area contributed by atoms with Gasteiger partial charge in [0.15, 0.2) is 0 Å². The van der Waals surface area contributed by atoms with Crippen LogP contribution in [0.2, 0.25) is 5.04 Å². The van der Waals surface area contributed by atoms with Crippen LogP contribution < -0.4 is 10.4 Å². The van der Waals surface area contributed by atoms with Gasteiger partial charge in [0.25, 0.3) is 8.32 Å². The zero-order valence-corrected chi connectivity index (χ0v) is 20.5. The van der Waals surface area contributed by atoms with E-state index in [4.69, 9.17) is 9.16 Å². The van der Waals surface area contributed by atoms with E-state index < -0.39 is 13.7 Å². The second-order valence-electron chi connectivity index (χ2n) is 9.96. The van der Waals surface area contributed by atoms with Crippen LogP contribution >= 0.6 is 0 Å². The first-order valence-electron chi connectivity index (χ1n) is 11.0. The van der Waals surface area contributed by atoms with E-state index in [9.17, 15) is 4.79 Å². The predicted octanol–water partition coefficient (Wildman–Crippen LogP) is 5.32. The third-order valence-corrected chi connectivity index (χ3v) is 10.4. The van der Waals surface area contributed by atoms with Crippen LogP contribution in [0.25, 0.3) is 0 Å². The summed E-state index contributed by atoms with van der Waals surface area (Å²) in [5.41, 5.74) is -0.438. The van der Waals surface area contributed by atoms with Gasteiger partial charge in [0.2, 0.25) is 0 Å². The molecule has 0 unspecified atom stereocenters. The molecule has 0 saturated carbocycles. The second-order valence-corrected chi connectivity index (χ2v) is 14.3. The van der Waals surface area contributed by atoms with Crippen molar-refractivity contribution in [2.75, 3.05) is 13.2 Å². The van der Waals surface area contributed by atoms with Crippen LogP contribution in [0.5, 0.6) is 0 Å². The zero-order valence-electron chi connectivity index (χ0n) is 19.5. The number of hydrogen-bond acceptors (Lipinski definition) is 3. The summed E-state index contributed by atoms with van der Waals surface area (Å²) >= 11 is 0. The minimum Gasteiger partial charge on any atom is -0.465 e. The summed E-state index contributed by atoms with van der Waals surface area (Å²) in [5.74, 6) is -0.133. The van der Waals surface area contributed by atoms with Gasteiger partial charge < -0.3 is 9.16 Å². The first-order chi connectivity index (χ1) is 14.1. The molecule has 0 atom stereocenters. The molecule has 0 bridgehead atoms. The van der Waals surface area contributed by atoms with Crippen molar-refractivity contribution in [2.24, 2.45) is 5.41 Å². The molecule has 0 aliphatic rings. The number of ether oxygens (including phenoxy) is 1. The van der Waals surface area contributed by atoms with Crippen molar-refractivity contribution < 1.29 is 14.0 Å². The lowest BCUT2D eigenvalue weighted by Gasteiger charge is -2.43. The molecule has 0 radical (unpaired) electrons. The second kappa shape index (κ2) is 10.4. The van der Waals surface area contributed by atoms with Crippen LogP contribution in [0.1, 0.15) is 60.8 Å². The van der Waals surface area contributed by atoms with Gasteiger partial charge in [-0.15, -0.1) is 0 Å². The topological polar surface area (TPSA) is 35.5 Å². The Morgan fingerprint density at radius 3 is 1.63 bits per heavy atom. The lowest BCUT2D eigenvalue weighted by Crippen LogP contribution is -2.66. The van der Waals surface area contributed by atoms with Gasteiger partial charge in [-0.25, -0.2) is 0 Å². The molecule has 3 nitrogen and oxygen atoms in total. The fourth-order valence-corrected chi connectivity index (χ4v) is 8.36. The maximum absolute atomic E-state index is 11.9. The van der Waals surface area contributed by atoms with Crippen LogP contribution in [-0.2, 0) is 14.0 Å². The predicted molar refractivity (Wildman–Crippen MR) is 128 cm³/mol. The van der Waals surface area contributed by atoms with E-state index in [1.807, 2.05) is 20.8 Å². The number of rotatable bonds is 9. The van der Waals surface area contributed by atoms with Crippen LogP contribution in [0.3, 0.4) is 0 Å². The lowest BCUT2D eigenvalue weighted by molar-refractivity contribution is -0.153. The van der Waals surface area contributed by atoms with Crippen LogP contribution in [-0.4, -0.2) is 27.5 Å². The van der Waals surface area contributed by atoms with Gasteiger partial charge in [-0.2, -0.15) is 0 Å². The van der Waals surface area contributed by atoms with E-state index in [-0.39, 0.29) is 11.0 Å². The fourth-order valence-electron chi connectivity index (χ4n) is 3.75. The first kappa shape index (κ1) is 24.4. The number of esters is 1. The molecule has 164 valence electrons. The molecule has 2 rings (SSSR count). The average Bonchev–Trinajstić information content (AvgIpc) is 2.69. The van der Waals surface area contributed by atoms with E-state index >= 15 is 0 Å². The molecule has 0 N–H and O–H groups in total. The van der Waals surface area contributed by atoms with Gasteiger partial charge in [0.05, 0.1) is 12.0 Å². The quantitative estimate of drug-likeness (QED) is 0.309. The summed E-state index contributed by atoms with van der Waals surface area (Å²) in [7, 11) is -2.45. The third-order valence-electron chi connectivity index (χ3n) is 5.37. The Kier molecular flexibility index (Phi) is 8.45. The number of benzene rings is 2. The van der Waals surface area contributed by atoms with Crippen LogP contribution in [0.4, 0.5) is 0 Å². The van der Waals surface area contributed by atoms with Crippen LogP contribution in [0.15, 0.2) is 60.7 Å². The normalized spacial score (nSPS) is 12.6. The SMILES string of the molecule is CC(C)(C)C(=O)OCCCCCO[Si](c1ccccc1)(c1ccccc1)C(C)(C)C. The van der Waals surface area contributed by atoms with Crippen molar-refractivity contribution in [3.8, 4) is 0 Å². The summed E-state index contributed by atoms with van der Waals surface area (Å²) in [6, 6.07) is 21.4. The minimum absolute atomic E-state index is 0.00204. The summed E-state index contributed by atoms with van der Waals surface area (Å²) < 4.78 is 12.3. The van der Waals surface area contributed by atoms with Crippen LogP contribution in [0, 0.1) is 5.41 Å². The molecule has 0 amide bonds. The highest BCUT2D eigenvalue weighted by Crippen LogP contribution is 2.36. The van der Waals surface area contributed by atoms with Gasteiger partial charge in [0, 0.05) is 6.61 Å². The van der Waals surface area contributed by atoms with E-state index in [1.165, 1.54) is 10.4 Å². The van der Waals surface area contributed by atoms with E-state index in [0.717, 1.165) is 19.3 Å². The maximum atomic E-state index is 11.9. The van der Waals surface area contributed by atoms with Crippen molar-refractivity contribution in [2.45, 2.75) is 65.8 Å². The number of hydrogen-bond donors (Lipinski definition) is 0. The zero-order chi connectivity index (χ0) is 22.3. The van der Waals surface area contributed by atoms with Crippen molar-refractivity contribution >= 4 is 24.7 Å². The number of carbonyl (C=O) groups excluding carboxylic acids is 1. The molecule has 0 aromatic heterocycles. The Morgan fingerprint density at radius 2 is 1.20 bits per heavy atom. The summed E-state index contributed by atoms with van der Waals surface area (Å²) in [6.45, 7) is 13.7. The molecule has 0 spiro atoms. The summed E-state index contributed by atoms with van der Waals surface area (Å²) in [5, 5.41) is 2.61. The molecule has 4 heteroatoms. The summed E-state index contributed by atoms with van der Waals surface area (Å²) in [6.07, 6.45) is 2.80. The molecule has 30 heavy (non-hydrogen) atoms. The van der Waals surface area contributed by atoms with Crippen molar-refractivity contribution in [1.29, 1.82) is 0 Å². The number of carbonyl (C=O) groups is 1. The molecule has 2 aromatic rings. The van der Waals surface area contributed by atoms with E-state index in [2.05, 4.69) is 81.4 Å². The fraction of sp³-hybridized carbons (Fsp3) is 0.500. The van der Waals surface area contributed by atoms with Crippen molar-refractivity contribution in [1.82, 2.24) is 0 Å². The molecule has 2 aromatic carbocycles. The highest BCUT2D eigenvalue weighted by molar-refractivity contribution is 6.99. The largest absolute Gasteiger partial charge is 0.465 e. The molecule has 0 aliphatic carbocycles. The van der Waals surface area contributed by atoms with Gasteiger partial charge in [0.1, 0.15) is 0 Å². The Labute approximate surface area is 183 Å². The molecule has 0 aliphatic heterocycles. The van der Waals surface area contributed by atoms with E-state index in [1.54, 1.807) is 0 Å². The highest BCUT2D eigenvalue weighted by Gasteiger charge is 2.49. The van der Waals surface area contributed by atoms with Crippen molar-refractivity contribution in [3.05, 3.63) is 60.7 Å². The monoisotopic (exact) mass is 426 g/mol. The Bertz CT molecular complexity index is 734. The third kappa shape index (κ3) is 6.05. The van der Waals surface area contributed by atoms with Crippen molar-refractivity contribution in [3.63, 3.8) is 0 Å². The van der Waals surface area contributed by atoms with Gasteiger partial charge in [-0.1, -0.05) is 81.4 Å². The maximum Gasteiger partial charge on any atom is 0.311 e. The lowest BCUT2D eigenvalue weighted by atomic mass is 9.97. The highest BCUT2D eigenvalue weighted by atomic mass is 28.4. The summed E-state index contributed by atoms with van der Waals surface area (Å²) in [4.78, 5) is 11.9. The van der Waals surface area contributed by atoms with Gasteiger partial charge in [-0.3, -0.25) is 4.79 Å². The standard InChI is InChI=1S/C26H38O3Si/c1-25(2,3)24(27)28-20-14-9-15-21-29-30(26(4,5)6,22-16-10-7-11-17-22)23-18-12-8-13-19-23/h7-8,10-13,16-19H,9,14-15,20-21H2,1-6H3. The van der Waals surface area contributed by atoms with Gasteiger partial charge in [-0.05, 0) is 55.4 Å². The smallest absolute Gasteiger partial charge is 0.311 e. The van der Waals surface area contributed by atoms with E-state index in [0.29, 0.717) is 13.2 Å². The molecule has 0 saturated heterocycles. The minimum atomic E-state index is -2.45.